The summed E-state index contributed by atoms with van der Waals surface area (Å²) in [7, 11) is 1.57. The van der Waals surface area contributed by atoms with E-state index in [1.807, 2.05) is 4.90 Å². The van der Waals surface area contributed by atoms with Gasteiger partial charge in [-0.1, -0.05) is 18.2 Å². The number of pyridine rings is 2. The summed E-state index contributed by atoms with van der Waals surface area (Å²) in [5.74, 6) is 1.51. The monoisotopic (exact) mass is 601 g/mol. The summed E-state index contributed by atoms with van der Waals surface area (Å²) in [4.78, 5) is 34.1. The van der Waals surface area contributed by atoms with Crippen LogP contribution in [0.4, 0.5) is 21.7 Å². The number of rotatable bonds is 7. The quantitative estimate of drug-likeness (QED) is 0.264. The van der Waals surface area contributed by atoms with Crippen LogP contribution in [-0.2, 0) is 4.79 Å². The number of methoxy groups -OCH3 is 1. The number of anilines is 3. The maximum Gasteiger partial charge on any atom is 0.246 e. The van der Waals surface area contributed by atoms with Crippen LogP contribution in [0.5, 0.6) is 17.2 Å². The number of fused-ring (bicyclic) bond motifs is 3. The summed E-state index contributed by atoms with van der Waals surface area (Å²) in [6.45, 7) is 5.67. The van der Waals surface area contributed by atoms with Crippen LogP contribution in [0, 0.1) is 11.7 Å². The van der Waals surface area contributed by atoms with Gasteiger partial charge in [-0.2, -0.15) is 5.10 Å². The first-order chi connectivity index (χ1) is 20.9. The van der Waals surface area contributed by atoms with E-state index in [1.54, 1.807) is 42.1 Å². The van der Waals surface area contributed by atoms with Crippen molar-refractivity contribution in [3.63, 3.8) is 0 Å². The van der Waals surface area contributed by atoms with Gasteiger partial charge in [0, 0.05) is 43.9 Å². The van der Waals surface area contributed by atoms with Crippen LogP contribution < -0.4 is 19.7 Å². The minimum atomic E-state index is -0.720. The van der Waals surface area contributed by atoms with E-state index in [-0.39, 0.29) is 34.2 Å². The van der Waals surface area contributed by atoms with E-state index in [4.69, 9.17) is 26.1 Å². The number of nitrogens with one attached hydrogen (secondary N) is 1. The topological polar surface area (TPSA) is 123 Å². The van der Waals surface area contributed by atoms with Crippen LogP contribution >= 0.6 is 11.6 Å². The highest BCUT2D eigenvalue weighted by Crippen LogP contribution is 2.40. The number of amides is 1. The van der Waals surface area contributed by atoms with Gasteiger partial charge in [0.1, 0.15) is 34.7 Å². The van der Waals surface area contributed by atoms with E-state index >= 15 is 4.39 Å². The lowest BCUT2D eigenvalue weighted by Crippen LogP contribution is -2.38. The number of aromatic nitrogens is 6. The van der Waals surface area contributed by atoms with Crippen molar-refractivity contribution in [2.45, 2.75) is 12.5 Å². The Labute approximate surface area is 249 Å². The minimum absolute atomic E-state index is 0.0626. The van der Waals surface area contributed by atoms with E-state index < -0.39 is 5.82 Å². The van der Waals surface area contributed by atoms with Gasteiger partial charge in [0.2, 0.25) is 5.91 Å². The number of carbonyl (C=O) groups is 1. The third-order valence-corrected chi connectivity index (χ3v) is 8.21. The SMILES string of the molecule is C=CC(=O)N1CCC2CN(c3nc4c(Nc5ccc(Oc6ccn7ncnc7c6)c(Cl)c5F)ncnc4cc3OC)CC21. The lowest BCUT2D eigenvalue weighted by atomic mass is 10.1. The highest BCUT2D eigenvalue weighted by atomic mass is 35.5. The van der Waals surface area contributed by atoms with E-state index in [0.717, 1.165) is 6.42 Å². The molecule has 0 aliphatic carbocycles. The molecule has 1 N–H and O–H groups in total. The fraction of sp³-hybridized carbons (Fsp3) is 0.241. The maximum atomic E-state index is 15.5. The first kappa shape index (κ1) is 26.8. The Morgan fingerprint density at radius 2 is 2.05 bits per heavy atom. The molecule has 4 aromatic heterocycles. The standard InChI is InChI=1S/C29H25ClFN9O3/c1-3-24(41)39-8-6-16-12-38(13-20(16)39)29-22(42-2)11-19-27(37-29)28(34-14-32-19)36-18-4-5-21(25(30)26(18)31)43-17-7-9-40-23(10-17)33-15-35-40/h3-5,7,9-11,14-16,20H,1,6,8,12-13H2,2H3,(H,32,34,36). The number of hydrogen-bond donors (Lipinski definition) is 1. The normalized spacial score (nSPS) is 17.8. The molecule has 43 heavy (non-hydrogen) atoms. The first-order valence-electron chi connectivity index (χ1n) is 13.5. The molecule has 0 bridgehead atoms. The predicted octanol–water partition coefficient (Wildman–Crippen LogP) is 4.63. The molecule has 6 heterocycles. The van der Waals surface area contributed by atoms with Gasteiger partial charge in [-0.3, -0.25) is 4.79 Å². The Morgan fingerprint density at radius 1 is 1.16 bits per heavy atom. The molecule has 14 heteroatoms. The summed E-state index contributed by atoms with van der Waals surface area (Å²) < 4.78 is 28.6. The van der Waals surface area contributed by atoms with Crippen LogP contribution in [0.3, 0.4) is 0 Å². The molecule has 2 fully saturated rings. The third-order valence-electron chi connectivity index (χ3n) is 7.86. The number of halogens is 2. The van der Waals surface area contributed by atoms with E-state index in [1.165, 1.54) is 24.8 Å². The summed E-state index contributed by atoms with van der Waals surface area (Å²) in [6, 6.07) is 8.25. The van der Waals surface area contributed by atoms with Gasteiger partial charge in [0.15, 0.2) is 28.8 Å². The molecule has 2 aliphatic heterocycles. The molecular weight excluding hydrogens is 577 g/mol. The molecule has 7 rings (SSSR count). The second-order valence-electron chi connectivity index (χ2n) is 10.3. The molecule has 2 atom stereocenters. The van der Waals surface area contributed by atoms with Gasteiger partial charge in [0.05, 0.1) is 24.4 Å². The smallest absolute Gasteiger partial charge is 0.246 e. The molecule has 1 amide bonds. The second kappa shape index (κ2) is 10.7. The van der Waals surface area contributed by atoms with Gasteiger partial charge in [-0.05, 0) is 30.7 Å². The van der Waals surface area contributed by atoms with Crippen molar-refractivity contribution in [3.8, 4) is 17.2 Å². The van der Waals surface area contributed by atoms with Crippen molar-refractivity contribution in [3.05, 3.63) is 72.7 Å². The molecule has 1 aromatic carbocycles. The predicted molar refractivity (Wildman–Crippen MR) is 158 cm³/mol. The van der Waals surface area contributed by atoms with E-state index in [0.29, 0.717) is 59.5 Å². The molecule has 12 nitrogen and oxygen atoms in total. The zero-order valence-electron chi connectivity index (χ0n) is 22.9. The van der Waals surface area contributed by atoms with Crippen LogP contribution in [-0.4, -0.2) is 73.1 Å². The van der Waals surface area contributed by atoms with Crippen molar-refractivity contribution in [2.24, 2.45) is 5.92 Å². The Hall–Kier alpha value is -5.04. The Morgan fingerprint density at radius 3 is 2.88 bits per heavy atom. The summed E-state index contributed by atoms with van der Waals surface area (Å²) in [5.41, 5.74) is 1.59. The maximum absolute atomic E-state index is 15.5. The molecule has 2 unspecified atom stereocenters. The van der Waals surface area contributed by atoms with E-state index in [2.05, 4.69) is 36.8 Å². The number of hydrogen-bond acceptors (Lipinski definition) is 10. The van der Waals surface area contributed by atoms with Gasteiger partial charge in [0.25, 0.3) is 0 Å². The number of carbonyl (C=O) groups excluding carboxylic acids is 1. The fourth-order valence-electron chi connectivity index (χ4n) is 5.77. The van der Waals surface area contributed by atoms with E-state index in [9.17, 15) is 4.79 Å². The van der Waals surface area contributed by atoms with Gasteiger partial charge in [-0.15, -0.1) is 0 Å². The van der Waals surface area contributed by atoms with Crippen LogP contribution in [0.2, 0.25) is 5.02 Å². The number of ether oxygens (including phenoxy) is 2. The molecule has 0 saturated carbocycles. The average molecular weight is 602 g/mol. The Kier molecular flexibility index (Phi) is 6.65. The first-order valence-corrected chi connectivity index (χ1v) is 13.9. The largest absolute Gasteiger partial charge is 0.493 e. The zero-order chi connectivity index (χ0) is 29.7. The molecular formula is C29H25ClFN9O3. The van der Waals surface area contributed by atoms with Crippen molar-refractivity contribution in [1.29, 1.82) is 0 Å². The van der Waals surface area contributed by atoms with Crippen LogP contribution in [0.1, 0.15) is 6.42 Å². The van der Waals surface area contributed by atoms with Gasteiger partial charge in [-0.25, -0.2) is 28.8 Å². The fourth-order valence-corrected chi connectivity index (χ4v) is 5.98. The lowest BCUT2D eigenvalue weighted by Gasteiger charge is -2.25. The highest BCUT2D eigenvalue weighted by Gasteiger charge is 2.43. The molecule has 2 saturated heterocycles. The Bertz CT molecular complexity index is 1900. The molecule has 2 aliphatic rings. The number of benzene rings is 1. The number of nitrogens with zero attached hydrogens (tertiary/aromatic N) is 8. The average Bonchev–Trinajstić information content (AvgIpc) is 3.76. The summed E-state index contributed by atoms with van der Waals surface area (Å²) in [6.07, 6.45) is 6.73. The number of likely N-dealkylation sites (tertiary alicyclic amines) is 1. The second-order valence-corrected chi connectivity index (χ2v) is 10.6. The van der Waals surface area contributed by atoms with Crippen molar-refractivity contribution < 1.29 is 18.7 Å². The lowest BCUT2D eigenvalue weighted by molar-refractivity contribution is -0.126. The van der Waals surface area contributed by atoms with Gasteiger partial charge >= 0.3 is 0 Å². The summed E-state index contributed by atoms with van der Waals surface area (Å²) in [5, 5.41) is 6.86. The molecule has 5 aromatic rings. The molecule has 0 radical (unpaired) electrons. The van der Waals surface area contributed by atoms with Crippen molar-refractivity contribution >= 4 is 51.5 Å². The third kappa shape index (κ3) is 4.71. The van der Waals surface area contributed by atoms with Crippen molar-refractivity contribution in [1.82, 2.24) is 34.4 Å². The van der Waals surface area contributed by atoms with Crippen molar-refractivity contribution in [2.75, 3.05) is 37.0 Å². The molecule has 218 valence electrons. The zero-order valence-corrected chi connectivity index (χ0v) is 23.7. The highest BCUT2D eigenvalue weighted by molar-refractivity contribution is 6.32. The summed E-state index contributed by atoms with van der Waals surface area (Å²) >= 11 is 6.39. The minimum Gasteiger partial charge on any atom is -0.493 e. The van der Waals surface area contributed by atoms with Crippen LogP contribution in [0.15, 0.2) is 61.8 Å². The molecule has 0 spiro atoms. The van der Waals surface area contributed by atoms with Gasteiger partial charge < -0.3 is 24.6 Å². The Balaban J connectivity index is 1.18. The van der Waals surface area contributed by atoms with Crippen LogP contribution in [0.25, 0.3) is 16.7 Å².